The van der Waals surface area contributed by atoms with Crippen molar-refractivity contribution in [3.8, 4) is 0 Å². The number of nitrogens with zero attached hydrogens (tertiary/aromatic N) is 1. The molecule has 1 aromatic carbocycles. The first-order valence-electron chi connectivity index (χ1n) is 7.72. The highest BCUT2D eigenvalue weighted by Gasteiger charge is 2.40. The lowest BCUT2D eigenvalue weighted by molar-refractivity contribution is -0.143. The van der Waals surface area contributed by atoms with E-state index in [2.05, 4.69) is 0 Å². The smallest absolute Gasteiger partial charge is 0.368 e. The van der Waals surface area contributed by atoms with Crippen LogP contribution in [0.4, 0.5) is 26.3 Å². The van der Waals surface area contributed by atoms with E-state index >= 15 is 0 Å². The summed E-state index contributed by atoms with van der Waals surface area (Å²) in [5.74, 6) is -2.20. The van der Waals surface area contributed by atoms with Gasteiger partial charge in [-0.1, -0.05) is 6.92 Å². The fraction of sp³-hybridized carbons (Fsp3) is 0.500. The molecule has 1 saturated heterocycles. The molecule has 0 saturated carbocycles. The van der Waals surface area contributed by atoms with Crippen molar-refractivity contribution in [2.24, 2.45) is 5.73 Å². The highest BCUT2D eigenvalue weighted by molar-refractivity contribution is 5.88. The van der Waals surface area contributed by atoms with Crippen LogP contribution in [-0.2, 0) is 21.9 Å². The Balaban J connectivity index is 2.42. The van der Waals surface area contributed by atoms with Crippen molar-refractivity contribution < 1.29 is 35.9 Å². The zero-order valence-corrected chi connectivity index (χ0v) is 13.6. The summed E-state index contributed by atoms with van der Waals surface area (Å²) in [6.45, 7) is 1.43. The number of carbonyl (C=O) groups is 2. The van der Waals surface area contributed by atoms with Gasteiger partial charge in [0, 0.05) is 18.9 Å². The first kappa shape index (κ1) is 20.1. The van der Waals surface area contributed by atoms with Crippen LogP contribution >= 0.6 is 0 Å². The lowest BCUT2D eigenvalue weighted by atomic mass is 9.93. The average molecular weight is 382 g/mol. The molecule has 0 bridgehead atoms. The van der Waals surface area contributed by atoms with E-state index in [9.17, 15) is 35.9 Å². The highest BCUT2D eigenvalue weighted by Crippen LogP contribution is 2.39. The average Bonchev–Trinajstić information content (AvgIpc) is 2.87. The van der Waals surface area contributed by atoms with E-state index in [1.165, 1.54) is 0 Å². The van der Waals surface area contributed by atoms with E-state index < -0.39 is 47.3 Å². The fourth-order valence-electron chi connectivity index (χ4n) is 3.05. The van der Waals surface area contributed by atoms with Crippen molar-refractivity contribution in [3.05, 3.63) is 34.9 Å². The summed E-state index contributed by atoms with van der Waals surface area (Å²) in [4.78, 5) is 24.6. The zero-order chi connectivity index (χ0) is 19.9. The molecule has 2 amide bonds. The number of carbonyl (C=O) groups excluding carboxylic acids is 2. The molecular weight excluding hydrogens is 366 g/mol. The molecule has 2 N–H and O–H groups in total. The molecule has 0 spiro atoms. The maximum Gasteiger partial charge on any atom is 0.416 e. The van der Waals surface area contributed by atoms with Crippen LogP contribution in [0.15, 0.2) is 18.2 Å². The Hall–Kier alpha value is -2.26. The predicted octanol–water partition coefficient (Wildman–Crippen LogP) is 3.30. The van der Waals surface area contributed by atoms with E-state index in [1.54, 1.807) is 6.92 Å². The molecule has 26 heavy (non-hydrogen) atoms. The predicted molar refractivity (Wildman–Crippen MR) is 78.8 cm³/mol. The number of hydrogen-bond acceptors (Lipinski definition) is 2. The van der Waals surface area contributed by atoms with Gasteiger partial charge < -0.3 is 10.6 Å². The monoisotopic (exact) mass is 382 g/mol. The van der Waals surface area contributed by atoms with Crippen molar-refractivity contribution in [1.82, 2.24) is 4.90 Å². The Bertz CT molecular complexity index is 681. The number of amides is 2. The van der Waals surface area contributed by atoms with Crippen LogP contribution in [0.25, 0.3) is 0 Å². The molecule has 144 valence electrons. The third-order valence-corrected chi connectivity index (χ3v) is 4.33. The number of likely N-dealkylation sites (tertiary alicyclic amines) is 1. The molecule has 0 aromatic heterocycles. The van der Waals surface area contributed by atoms with E-state index in [1.807, 2.05) is 0 Å². The van der Waals surface area contributed by atoms with E-state index in [0.29, 0.717) is 12.1 Å². The van der Waals surface area contributed by atoms with Crippen LogP contribution in [0.1, 0.15) is 42.4 Å². The van der Waals surface area contributed by atoms with Crippen LogP contribution in [0.5, 0.6) is 0 Å². The molecule has 1 aliphatic rings. The number of alkyl halides is 6. The molecule has 1 heterocycles. The summed E-state index contributed by atoms with van der Waals surface area (Å²) in [5.41, 5.74) is 2.09. The minimum atomic E-state index is -4.96. The Labute approximate surface area is 144 Å². The summed E-state index contributed by atoms with van der Waals surface area (Å²) in [6.07, 6.45) is -10.0. The molecular formula is C16H16F6N2O2. The summed E-state index contributed by atoms with van der Waals surface area (Å²) in [7, 11) is 0. The number of benzene rings is 1. The molecule has 1 aromatic rings. The van der Waals surface area contributed by atoms with Crippen molar-refractivity contribution in [2.45, 2.75) is 44.1 Å². The van der Waals surface area contributed by atoms with Gasteiger partial charge in [0.2, 0.25) is 11.8 Å². The molecule has 4 nitrogen and oxygen atoms in total. The van der Waals surface area contributed by atoms with Crippen molar-refractivity contribution in [1.29, 1.82) is 0 Å². The number of rotatable bonds is 4. The summed E-state index contributed by atoms with van der Waals surface area (Å²) < 4.78 is 77.8. The van der Waals surface area contributed by atoms with Crippen molar-refractivity contribution in [3.63, 3.8) is 0 Å². The number of primary amides is 1. The maximum atomic E-state index is 13.0. The molecule has 10 heteroatoms. The second kappa shape index (κ2) is 6.81. The van der Waals surface area contributed by atoms with E-state index in [4.69, 9.17) is 5.73 Å². The van der Waals surface area contributed by atoms with Gasteiger partial charge in [0.05, 0.1) is 11.1 Å². The van der Waals surface area contributed by atoms with Gasteiger partial charge in [-0.25, -0.2) is 0 Å². The van der Waals surface area contributed by atoms with Gasteiger partial charge in [0.25, 0.3) is 0 Å². The van der Waals surface area contributed by atoms with Crippen molar-refractivity contribution in [2.75, 3.05) is 6.54 Å². The third-order valence-electron chi connectivity index (χ3n) is 4.33. The van der Waals surface area contributed by atoms with Crippen LogP contribution < -0.4 is 5.73 Å². The zero-order valence-electron chi connectivity index (χ0n) is 13.6. The molecule has 0 aliphatic carbocycles. The second-order valence-electron chi connectivity index (χ2n) is 6.11. The van der Waals surface area contributed by atoms with E-state index in [-0.39, 0.29) is 31.0 Å². The van der Waals surface area contributed by atoms with Crippen LogP contribution in [0.2, 0.25) is 0 Å². The Morgan fingerprint density at radius 1 is 1.15 bits per heavy atom. The van der Waals surface area contributed by atoms with Gasteiger partial charge in [-0.2, -0.15) is 26.3 Å². The van der Waals surface area contributed by atoms with Gasteiger partial charge in [-0.15, -0.1) is 0 Å². The molecule has 2 atom stereocenters. The Kier molecular flexibility index (Phi) is 5.25. The standard InChI is InChI=1S/C16H16F6N2O2/c1-2-12(14(23)26)24-7-9(5-13(24)25)8-3-10(15(17,18)19)6-11(4-8)16(20,21)22/h3-4,6,9,12H,2,5,7H2,1H3,(H2,23,26). The minimum Gasteiger partial charge on any atom is -0.368 e. The lowest BCUT2D eigenvalue weighted by Crippen LogP contribution is -2.45. The number of nitrogens with two attached hydrogens (primary N) is 1. The molecule has 0 radical (unpaired) electrons. The van der Waals surface area contributed by atoms with Gasteiger partial charge in [0.1, 0.15) is 6.04 Å². The Morgan fingerprint density at radius 3 is 2.04 bits per heavy atom. The summed E-state index contributed by atoms with van der Waals surface area (Å²) in [6, 6.07) is 0.320. The van der Waals surface area contributed by atoms with Gasteiger partial charge >= 0.3 is 12.4 Å². The molecule has 2 rings (SSSR count). The third kappa shape index (κ3) is 4.10. The van der Waals surface area contributed by atoms with E-state index in [0.717, 1.165) is 4.90 Å². The first-order valence-corrected chi connectivity index (χ1v) is 7.72. The fourth-order valence-corrected chi connectivity index (χ4v) is 3.05. The minimum absolute atomic E-state index is 0.0380. The van der Waals surface area contributed by atoms with Crippen molar-refractivity contribution >= 4 is 11.8 Å². The topological polar surface area (TPSA) is 63.4 Å². The second-order valence-corrected chi connectivity index (χ2v) is 6.11. The summed E-state index contributed by atoms with van der Waals surface area (Å²) in [5, 5.41) is 0. The number of hydrogen-bond donors (Lipinski definition) is 1. The SMILES string of the molecule is CCC(C(N)=O)N1CC(c2cc(C(F)(F)F)cc(C(F)(F)F)c2)CC1=O. The maximum absolute atomic E-state index is 13.0. The molecule has 1 aliphatic heterocycles. The summed E-state index contributed by atoms with van der Waals surface area (Å²) >= 11 is 0. The van der Waals surface area contributed by atoms with Crippen LogP contribution in [-0.4, -0.2) is 29.3 Å². The lowest BCUT2D eigenvalue weighted by Gasteiger charge is -2.24. The highest BCUT2D eigenvalue weighted by atomic mass is 19.4. The van der Waals surface area contributed by atoms with Gasteiger partial charge in [-0.05, 0) is 30.2 Å². The molecule has 1 fully saturated rings. The molecule has 2 unspecified atom stereocenters. The normalized spacial score (nSPS) is 19.7. The number of halogens is 6. The van der Waals surface area contributed by atoms with Crippen LogP contribution in [0.3, 0.4) is 0 Å². The van der Waals surface area contributed by atoms with Gasteiger partial charge in [0.15, 0.2) is 0 Å². The van der Waals surface area contributed by atoms with Crippen LogP contribution in [0, 0.1) is 0 Å². The first-order chi connectivity index (χ1) is 11.8. The Morgan fingerprint density at radius 2 is 1.65 bits per heavy atom. The quantitative estimate of drug-likeness (QED) is 0.813. The largest absolute Gasteiger partial charge is 0.416 e. The van der Waals surface area contributed by atoms with Gasteiger partial charge in [-0.3, -0.25) is 9.59 Å².